The number of carbonyl (C=O) groups is 1. The van der Waals surface area contributed by atoms with Crippen LogP contribution in [-0.4, -0.2) is 44.0 Å². The summed E-state index contributed by atoms with van der Waals surface area (Å²) in [7, 11) is 0. The van der Waals surface area contributed by atoms with Crippen LogP contribution in [0.15, 0.2) is 64.3 Å². The van der Waals surface area contributed by atoms with Gasteiger partial charge >= 0.3 is 0 Å². The lowest BCUT2D eigenvalue weighted by molar-refractivity contribution is 0.0950. The number of rotatable bonds is 9. The number of hydrogen-bond acceptors (Lipinski definition) is 9. The highest BCUT2D eigenvalue weighted by Gasteiger charge is 2.24. The van der Waals surface area contributed by atoms with Gasteiger partial charge in [0.1, 0.15) is 11.4 Å². The summed E-state index contributed by atoms with van der Waals surface area (Å²) in [6, 6.07) is 16.5. The van der Waals surface area contributed by atoms with Gasteiger partial charge in [-0.25, -0.2) is 10.1 Å². The Morgan fingerprint density at radius 1 is 1.18 bits per heavy atom. The van der Waals surface area contributed by atoms with Crippen molar-refractivity contribution in [2.24, 2.45) is 5.10 Å². The molecule has 0 bridgehead atoms. The van der Waals surface area contributed by atoms with Crippen molar-refractivity contribution < 1.29 is 14.2 Å². The molecule has 1 amide bonds. The Hall–Kier alpha value is -4.54. The van der Waals surface area contributed by atoms with E-state index in [1.165, 1.54) is 10.9 Å². The fourth-order valence-electron chi connectivity index (χ4n) is 2.98. The molecule has 11 heteroatoms. The van der Waals surface area contributed by atoms with E-state index >= 15 is 0 Å². The van der Waals surface area contributed by atoms with E-state index in [2.05, 4.69) is 42.7 Å². The number of hydrogen-bond donors (Lipinski definition) is 2. The maximum Gasteiger partial charge on any atom is 0.294 e. The van der Waals surface area contributed by atoms with Crippen molar-refractivity contribution >= 4 is 17.9 Å². The van der Waals surface area contributed by atoms with Gasteiger partial charge in [-0.15, -0.1) is 5.10 Å². The average Bonchev–Trinajstić information content (AvgIpc) is 3.47. The number of carbonyl (C=O) groups excluding carboxylic acids is 1. The van der Waals surface area contributed by atoms with Crippen LogP contribution >= 0.6 is 0 Å². The highest BCUT2D eigenvalue weighted by Crippen LogP contribution is 2.26. The highest BCUT2D eigenvalue weighted by atomic mass is 16.6. The summed E-state index contributed by atoms with van der Waals surface area (Å²) in [4.78, 5) is 12.8. The van der Waals surface area contributed by atoms with E-state index < -0.39 is 5.91 Å². The second-order valence-corrected chi connectivity index (χ2v) is 7.01. The zero-order chi connectivity index (χ0) is 23.0. The number of amides is 1. The number of ether oxygens (including phenoxy) is 1. The van der Waals surface area contributed by atoms with Gasteiger partial charge in [0.25, 0.3) is 5.91 Å². The fourth-order valence-corrected chi connectivity index (χ4v) is 2.98. The van der Waals surface area contributed by atoms with Crippen LogP contribution in [0.1, 0.15) is 35.8 Å². The van der Waals surface area contributed by atoms with Gasteiger partial charge in [0.15, 0.2) is 5.69 Å². The van der Waals surface area contributed by atoms with Crippen molar-refractivity contribution in [1.82, 2.24) is 30.7 Å². The minimum absolute atomic E-state index is 0.0178. The van der Waals surface area contributed by atoms with E-state index in [0.29, 0.717) is 17.9 Å². The number of benzene rings is 2. The number of nitrogens with zero attached hydrogens (tertiary/aromatic N) is 6. The predicted octanol–water partition coefficient (Wildman–Crippen LogP) is 2.84. The molecule has 0 unspecified atom stereocenters. The lowest BCUT2D eigenvalue weighted by atomic mass is 10.1. The molecule has 4 rings (SSSR count). The number of aromatic nitrogens is 5. The largest absolute Gasteiger partial charge is 0.494 e. The highest BCUT2D eigenvalue weighted by molar-refractivity contribution is 5.98. The van der Waals surface area contributed by atoms with Crippen LogP contribution in [0.4, 0.5) is 5.82 Å². The van der Waals surface area contributed by atoms with Gasteiger partial charge in [0, 0.05) is 5.56 Å². The average molecular weight is 446 g/mol. The van der Waals surface area contributed by atoms with Crippen LogP contribution in [0.3, 0.4) is 0 Å². The Labute approximate surface area is 189 Å². The maximum absolute atomic E-state index is 12.8. The molecule has 33 heavy (non-hydrogen) atoms. The molecule has 168 valence electrons. The smallest absolute Gasteiger partial charge is 0.294 e. The molecule has 0 atom stereocenters. The summed E-state index contributed by atoms with van der Waals surface area (Å²) < 4.78 is 11.6. The van der Waals surface area contributed by atoms with Crippen LogP contribution in [-0.2, 0) is 0 Å². The predicted molar refractivity (Wildman–Crippen MR) is 121 cm³/mol. The van der Waals surface area contributed by atoms with Gasteiger partial charge in [0.05, 0.1) is 12.8 Å². The Bertz CT molecular complexity index is 1230. The third-order valence-electron chi connectivity index (χ3n) is 4.66. The number of unbranched alkanes of at least 4 members (excludes halogenated alkanes) is 1. The quantitative estimate of drug-likeness (QED) is 0.227. The molecule has 11 nitrogen and oxygen atoms in total. The van der Waals surface area contributed by atoms with Gasteiger partial charge in [-0.3, -0.25) is 4.79 Å². The number of nitrogens with one attached hydrogen (secondary N) is 1. The number of hydrazone groups is 1. The van der Waals surface area contributed by atoms with Crippen molar-refractivity contribution in [3.8, 4) is 22.8 Å². The van der Waals surface area contributed by atoms with Crippen molar-refractivity contribution in [1.29, 1.82) is 0 Å². The Kier molecular flexibility index (Phi) is 6.69. The molecule has 0 aliphatic rings. The van der Waals surface area contributed by atoms with Crippen LogP contribution < -0.4 is 15.9 Å². The normalized spacial score (nSPS) is 11.1. The molecular weight excluding hydrogens is 424 g/mol. The zero-order valence-corrected chi connectivity index (χ0v) is 17.9. The minimum atomic E-state index is -0.550. The molecule has 0 fully saturated rings. The minimum Gasteiger partial charge on any atom is -0.494 e. The van der Waals surface area contributed by atoms with Crippen molar-refractivity contribution in [3.05, 3.63) is 65.9 Å². The first kappa shape index (κ1) is 21.7. The first-order valence-electron chi connectivity index (χ1n) is 10.3. The zero-order valence-electron chi connectivity index (χ0n) is 17.9. The Morgan fingerprint density at radius 2 is 1.97 bits per heavy atom. The summed E-state index contributed by atoms with van der Waals surface area (Å²) >= 11 is 0. The van der Waals surface area contributed by atoms with Crippen LogP contribution in [0.2, 0.25) is 0 Å². The third kappa shape index (κ3) is 5.03. The van der Waals surface area contributed by atoms with Crippen molar-refractivity contribution in [2.75, 3.05) is 12.3 Å². The van der Waals surface area contributed by atoms with E-state index in [0.717, 1.165) is 24.2 Å². The lowest BCUT2D eigenvalue weighted by Crippen LogP contribution is -2.19. The van der Waals surface area contributed by atoms with Gasteiger partial charge in [0.2, 0.25) is 11.6 Å². The fraction of sp³-hybridized carbons (Fsp3) is 0.182. The molecule has 0 radical (unpaired) electrons. The molecular formula is C22H22N8O3. The summed E-state index contributed by atoms with van der Waals surface area (Å²) in [6.07, 6.45) is 3.61. The number of anilines is 1. The van der Waals surface area contributed by atoms with E-state index in [1.54, 1.807) is 0 Å². The van der Waals surface area contributed by atoms with E-state index in [9.17, 15) is 4.79 Å². The molecule has 2 aromatic carbocycles. The second kappa shape index (κ2) is 10.2. The van der Waals surface area contributed by atoms with E-state index in [-0.39, 0.29) is 17.3 Å². The molecule has 0 saturated heterocycles. The lowest BCUT2D eigenvalue weighted by Gasteiger charge is -2.06. The molecule has 0 aliphatic carbocycles. The van der Waals surface area contributed by atoms with Crippen molar-refractivity contribution in [2.45, 2.75) is 19.8 Å². The van der Waals surface area contributed by atoms with Crippen LogP contribution in [0.25, 0.3) is 17.1 Å². The standard InChI is InChI=1S/C22H22N8O3/c1-2-3-13-32-17-11-9-15(10-12-17)14-24-26-22(31)18-19(16-7-5-4-6-8-16)30(29-25-18)21-20(23)27-33-28-21/h4-12,14H,2-3,13H2,1H3,(H2,23,27)(H,26,31). The molecule has 2 heterocycles. The molecule has 0 spiro atoms. The molecule has 2 aromatic heterocycles. The molecule has 4 aromatic rings. The second-order valence-electron chi connectivity index (χ2n) is 7.01. The van der Waals surface area contributed by atoms with Crippen molar-refractivity contribution in [3.63, 3.8) is 0 Å². The first-order valence-corrected chi connectivity index (χ1v) is 10.3. The monoisotopic (exact) mass is 446 g/mol. The third-order valence-corrected chi connectivity index (χ3v) is 4.66. The van der Waals surface area contributed by atoms with Crippen LogP contribution in [0.5, 0.6) is 5.75 Å². The number of nitrogens with two attached hydrogens (primary N) is 1. The van der Waals surface area contributed by atoms with Gasteiger partial charge in [-0.2, -0.15) is 9.78 Å². The summed E-state index contributed by atoms with van der Waals surface area (Å²) in [5.41, 5.74) is 10.2. The van der Waals surface area contributed by atoms with E-state index in [4.69, 9.17) is 10.5 Å². The Morgan fingerprint density at radius 3 is 2.67 bits per heavy atom. The summed E-state index contributed by atoms with van der Waals surface area (Å²) in [5, 5.41) is 19.4. The topological polar surface area (TPSA) is 146 Å². The van der Waals surface area contributed by atoms with Crippen LogP contribution in [0, 0.1) is 0 Å². The molecule has 0 saturated carbocycles. The Balaban J connectivity index is 1.52. The molecule has 3 N–H and O–H groups in total. The summed E-state index contributed by atoms with van der Waals surface area (Å²) in [5.74, 6) is 0.385. The maximum atomic E-state index is 12.8. The van der Waals surface area contributed by atoms with Gasteiger partial charge in [-0.1, -0.05) is 48.9 Å². The first-order chi connectivity index (χ1) is 16.2. The molecule has 0 aliphatic heterocycles. The van der Waals surface area contributed by atoms with E-state index in [1.807, 2.05) is 54.6 Å². The van der Waals surface area contributed by atoms with Gasteiger partial charge in [-0.05, 0) is 46.6 Å². The SMILES string of the molecule is CCCCOc1ccc(C=NNC(=O)c2nnn(-c3nonc3N)c2-c2ccccc2)cc1. The van der Waals surface area contributed by atoms with Gasteiger partial charge < -0.3 is 10.5 Å². The summed E-state index contributed by atoms with van der Waals surface area (Å²) in [6.45, 7) is 2.79. The number of nitrogen functional groups attached to an aromatic ring is 1.